The molecule has 2 aromatic carbocycles. The fourth-order valence-corrected chi connectivity index (χ4v) is 2.54. The van der Waals surface area contributed by atoms with Crippen LogP contribution in [0.15, 0.2) is 36.4 Å². The summed E-state index contributed by atoms with van der Waals surface area (Å²) in [6.45, 7) is 4.63. The molecule has 100 valence electrons. The number of aryl methyl sites for hydroxylation is 2. The number of benzene rings is 2. The Morgan fingerprint density at radius 2 is 1.74 bits per heavy atom. The largest absolute Gasteiger partial charge is 0.489 e. The standard InChI is InChI=1S/C16H16BrFO/c1-11-5-12(2)7-13(6-11)10-19-16-4-3-15(18)8-14(16)9-17/h3-8H,9-10H2,1-2H3. The Morgan fingerprint density at radius 1 is 1.05 bits per heavy atom. The lowest BCUT2D eigenvalue weighted by Gasteiger charge is -2.11. The second-order valence-electron chi connectivity index (χ2n) is 4.67. The van der Waals surface area contributed by atoms with Crippen LogP contribution in [0, 0.1) is 19.7 Å². The van der Waals surface area contributed by atoms with Gasteiger partial charge in [0.2, 0.25) is 0 Å². The van der Waals surface area contributed by atoms with Gasteiger partial charge in [-0.3, -0.25) is 0 Å². The third-order valence-electron chi connectivity index (χ3n) is 2.84. The molecule has 0 aromatic heterocycles. The van der Waals surface area contributed by atoms with Gasteiger partial charge in [-0.05, 0) is 37.6 Å². The lowest BCUT2D eigenvalue weighted by atomic mass is 10.1. The van der Waals surface area contributed by atoms with E-state index >= 15 is 0 Å². The Bertz CT molecular complexity index is 561. The third kappa shape index (κ3) is 3.80. The van der Waals surface area contributed by atoms with Crippen LogP contribution < -0.4 is 4.74 Å². The molecule has 0 atom stereocenters. The van der Waals surface area contributed by atoms with Crippen LogP contribution in [0.2, 0.25) is 0 Å². The monoisotopic (exact) mass is 322 g/mol. The van der Waals surface area contributed by atoms with Gasteiger partial charge in [-0.1, -0.05) is 45.3 Å². The number of rotatable bonds is 4. The average Bonchev–Trinajstić information content (AvgIpc) is 2.36. The number of alkyl halides is 1. The molecule has 0 amide bonds. The highest BCUT2D eigenvalue weighted by Crippen LogP contribution is 2.23. The van der Waals surface area contributed by atoms with Crippen molar-refractivity contribution in [1.82, 2.24) is 0 Å². The summed E-state index contributed by atoms with van der Waals surface area (Å²) in [6, 6.07) is 10.9. The highest BCUT2D eigenvalue weighted by atomic mass is 79.9. The van der Waals surface area contributed by atoms with E-state index in [1.165, 1.54) is 23.3 Å². The van der Waals surface area contributed by atoms with Crippen molar-refractivity contribution in [3.05, 3.63) is 64.5 Å². The summed E-state index contributed by atoms with van der Waals surface area (Å²) in [7, 11) is 0. The van der Waals surface area contributed by atoms with E-state index < -0.39 is 0 Å². The van der Waals surface area contributed by atoms with Gasteiger partial charge < -0.3 is 4.74 Å². The molecule has 0 aliphatic carbocycles. The van der Waals surface area contributed by atoms with Crippen LogP contribution in [0.1, 0.15) is 22.3 Å². The van der Waals surface area contributed by atoms with Gasteiger partial charge in [0.25, 0.3) is 0 Å². The zero-order valence-electron chi connectivity index (χ0n) is 11.0. The van der Waals surface area contributed by atoms with E-state index in [1.807, 2.05) is 0 Å². The van der Waals surface area contributed by atoms with E-state index in [0.29, 0.717) is 11.9 Å². The predicted octanol–water partition coefficient (Wildman–Crippen LogP) is 4.92. The van der Waals surface area contributed by atoms with Crippen LogP contribution in [0.25, 0.3) is 0 Å². The molecule has 0 aliphatic heterocycles. The highest BCUT2D eigenvalue weighted by molar-refractivity contribution is 9.08. The first-order valence-electron chi connectivity index (χ1n) is 6.13. The number of hydrogen-bond donors (Lipinski definition) is 0. The fourth-order valence-electron chi connectivity index (χ4n) is 2.11. The molecule has 0 N–H and O–H groups in total. The van der Waals surface area contributed by atoms with E-state index in [2.05, 4.69) is 48.0 Å². The molecule has 1 nitrogen and oxygen atoms in total. The van der Waals surface area contributed by atoms with Gasteiger partial charge in [0.1, 0.15) is 18.2 Å². The van der Waals surface area contributed by atoms with Gasteiger partial charge in [0, 0.05) is 10.9 Å². The number of ether oxygens (including phenoxy) is 1. The van der Waals surface area contributed by atoms with Gasteiger partial charge in [-0.15, -0.1) is 0 Å². The molecule has 0 unspecified atom stereocenters. The summed E-state index contributed by atoms with van der Waals surface area (Å²) >= 11 is 3.35. The topological polar surface area (TPSA) is 9.23 Å². The zero-order valence-corrected chi connectivity index (χ0v) is 12.6. The van der Waals surface area contributed by atoms with Crippen LogP contribution in [-0.4, -0.2) is 0 Å². The van der Waals surface area contributed by atoms with Crippen molar-refractivity contribution in [1.29, 1.82) is 0 Å². The Hall–Kier alpha value is -1.35. The lowest BCUT2D eigenvalue weighted by Crippen LogP contribution is -1.99. The van der Waals surface area contributed by atoms with Crippen LogP contribution in [0.3, 0.4) is 0 Å². The summed E-state index contributed by atoms with van der Waals surface area (Å²) in [5, 5.41) is 0.576. The van der Waals surface area contributed by atoms with E-state index in [9.17, 15) is 4.39 Å². The Labute approximate surface area is 121 Å². The van der Waals surface area contributed by atoms with Gasteiger partial charge in [0.05, 0.1) is 0 Å². The minimum atomic E-state index is -0.242. The summed E-state index contributed by atoms with van der Waals surface area (Å²) in [5.41, 5.74) is 4.39. The first kappa shape index (κ1) is 14.1. The Balaban J connectivity index is 2.14. The molecule has 2 rings (SSSR count). The van der Waals surface area contributed by atoms with Crippen molar-refractivity contribution >= 4 is 15.9 Å². The SMILES string of the molecule is Cc1cc(C)cc(COc2ccc(F)cc2CBr)c1. The van der Waals surface area contributed by atoms with Crippen molar-refractivity contribution in [3.8, 4) is 5.75 Å². The summed E-state index contributed by atoms with van der Waals surface area (Å²) in [4.78, 5) is 0. The van der Waals surface area contributed by atoms with Crippen LogP contribution in [-0.2, 0) is 11.9 Å². The molecule has 2 aromatic rings. The van der Waals surface area contributed by atoms with Gasteiger partial charge in [0.15, 0.2) is 0 Å². The minimum Gasteiger partial charge on any atom is -0.489 e. The maximum Gasteiger partial charge on any atom is 0.124 e. The summed E-state index contributed by atoms with van der Waals surface area (Å²) in [6.07, 6.45) is 0. The molecule has 0 saturated heterocycles. The number of hydrogen-bond acceptors (Lipinski definition) is 1. The van der Waals surface area contributed by atoms with Crippen LogP contribution in [0.5, 0.6) is 5.75 Å². The second-order valence-corrected chi connectivity index (χ2v) is 5.23. The molecule has 0 spiro atoms. The van der Waals surface area contributed by atoms with E-state index in [0.717, 1.165) is 16.9 Å². The predicted molar refractivity (Wildman–Crippen MR) is 79.3 cm³/mol. The highest BCUT2D eigenvalue weighted by Gasteiger charge is 2.05. The molecule has 0 radical (unpaired) electrons. The van der Waals surface area contributed by atoms with Crippen molar-refractivity contribution < 1.29 is 9.13 Å². The smallest absolute Gasteiger partial charge is 0.124 e. The molecule has 0 heterocycles. The van der Waals surface area contributed by atoms with E-state index in [1.54, 1.807) is 6.07 Å². The maximum absolute atomic E-state index is 13.1. The molecule has 0 aliphatic rings. The van der Waals surface area contributed by atoms with E-state index in [-0.39, 0.29) is 5.82 Å². The van der Waals surface area contributed by atoms with Crippen molar-refractivity contribution in [2.75, 3.05) is 0 Å². The molecule has 19 heavy (non-hydrogen) atoms. The lowest BCUT2D eigenvalue weighted by molar-refractivity contribution is 0.303. The summed E-state index contributed by atoms with van der Waals surface area (Å²) < 4.78 is 18.9. The van der Waals surface area contributed by atoms with Gasteiger partial charge >= 0.3 is 0 Å². The van der Waals surface area contributed by atoms with Gasteiger partial charge in [-0.2, -0.15) is 0 Å². The van der Waals surface area contributed by atoms with E-state index in [4.69, 9.17) is 4.74 Å². The quantitative estimate of drug-likeness (QED) is 0.726. The summed E-state index contributed by atoms with van der Waals surface area (Å²) in [5.74, 6) is 0.477. The maximum atomic E-state index is 13.1. The van der Waals surface area contributed by atoms with Crippen molar-refractivity contribution in [2.24, 2.45) is 0 Å². The average molecular weight is 323 g/mol. The van der Waals surface area contributed by atoms with Crippen LogP contribution in [0.4, 0.5) is 4.39 Å². The first-order valence-corrected chi connectivity index (χ1v) is 7.25. The van der Waals surface area contributed by atoms with Crippen LogP contribution >= 0.6 is 15.9 Å². The third-order valence-corrected chi connectivity index (χ3v) is 3.45. The van der Waals surface area contributed by atoms with Gasteiger partial charge in [-0.25, -0.2) is 4.39 Å². The van der Waals surface area contributed by atoms with Crippen molar-refractivity contribution in [3.63, 3.8) is 0 Å². The molecular weight excluding hydrogens is 307 g/mol. The molecule has 0 bridgehead atoms. The first-order chi connectivity index (χ1) is 9.08. The zero-order chi connectivity index (χ0) is 13.8. The molecular formula is C16H16BrFO. The normalized spacial score (nSPS) is 10.5. The molecule has 0 saturated carbocycles. The number of halogens is 2. The molecule has 0 fully saturated rings. The molecule has 3 heteroatoms. The Kier molecular flexibility index (Phi) is 4.59. The minimum absolute atomic E-state index is 0.242. The second kappa shape index (κ2) is 6.20. The van der Waals surface area contributed by atoms with Crippen molar-refractivity contribution in [2.45, 2.75) is 25.8 Å². The Morgan fingerprint density at radius 3 is 2.37 bits per heavy atom. The fraction of sp³-hybridized carbons (Fsp3) is 0.250.